The molecule has 0 saturated carbocycles. The molecule has 30 heavy (non-hydrogen) atoms. The highest BCUT2D eigenvalue weighted by atomic mass is 79.9. The summed E-state index contributed by atoms with van der Waals surface area (Å²) in [6, 6.07) is 23.5. The van der Waals surface area contributed by atoms with Gasteiger partial charge >= 0.3 is 0 Å². The zero-order valence-corrected chi connectivity index (χ0v) is 18.3. The Kier molecular flexibility index (Phi) is 6.19. The Labute approximate surface area is 184 Å². The van der Waals surface area contributed by atoms with E-state index < -0.39 is 0 Å². The van der Waals surface area contributed by atoms with Crippen LogP contribution in [0.3, 0.4) is 0 Å². The molecule has 1 amide bonds. The third-order valence-corrected chi connectivity index (χ3v) is 5.39. The molecule has 1 heterocycles. The number of rotatable bonds is 7. The molecule has 0 bridgehead atoms. The van der Waals surface area contributed by atoms with Gasteiger partial charge in [0.15, 0.2) is 0 Å². The van der Waals surface area contributed by atoms with Gasteiger partial charge in [-0.05, 0) is 55.0 Å². The van der Waals surface area contributed by atoms with E-state index >= 15 is 0 Å². The van der Waals surface area contributed by atoms with E-state index in [1.54, 1.807) is 6.26 Å². The first-order chi connectivity index (χ1) is 14.6. The van der Waals surface area contributed by atoms with Gasteiger partial charge < -0.3 is 14.1 Å². The number of nitrogens with zero attached hydrogens (tertiary/aromatic N) is 1. The number of amides is 1. The van der Waals surface area contributed by atoms with Crippen molar-refractivity contribution in [2.75, 3.05) is 11.5 Å². The standard InChI is InChI=1S/C25H22BrNO3/c1-2-29-22-11-9-21(10-12-22)27(16-18-6-4-3-5-7-18)25(28)14-19-17-30-24-13-8-20(26)15-23(19)24/h3-13,15,17H,2,14,16H2,1H3. The molecular weight excluding hydrogens is 442 g/mol. The van der Waals surface area contributed by atoms with Crippen LogP contribution in [0.5, 0.6) is 5.75 Å². The predicted octanol–water partition coefficient (Wildman–Crippen LogP) is 6.37. The molecule has 4 nitrogen and oxygen atoms in total. The number of furan rings is 1. The van der Waals surface area contributed by atoms with Gasteiger partial charge in [-0.15, -0.1) is 0 Å². The number of carbonyl (C=O) groups excluding carboxylic acids is 1. The fourth-order valence-corrected chi connectivity index (χ4v) is 3.79. The Bertz CT molecular complexity index is 1140. The smallest absolute Gasteiger partial charge is 0.231 e. The van der Waals surface area contributed by atoms with E-state index in [4.69, 9.17) is 9.15 Å². The molecule has 0 spiro atoms. The molecule has 0 radical (unpaired) electrons. The van der Waals surface area contributed by atoms with Gasteiger partial charge in [0.25, 0.3) is 0 Å². The Hall–Kier alpha value is -3.05. The number of fused-ring (bicyclic) bond motifs is 1. The summed E-state index contributed by atoms with van der Waals surface area (Å²) in [4.78, 5) is 15.2. The molecule has 4 rings (SSSR count). The van der Waals surface area contributed by atoms with Crippen molar-refractivity contribution in [1.29, 1.82) is 0 Å². The zero-order chi connectivity index (χ0) is 20.9. The lowest BCUT2D eigenvalue weighted by atomic mass is 10.1. The minimum absolute atomic E-state index is 0.00527. The lowest BCUT2D eigenvalue weighted by Gasteiger charge is -2.23. The summed E-state index contributed by atoms with van der Waals surface area (Å²) in [7, 11) is 0. The molecule has 0 fully saturated rings. The normalized spacial score (nSPS) is 10.9. The summed E-state index contributed by atoms with van der Waals surface area (Å²) in [5, 5.41) is 0.948. The second kappa shape index (κ2) is 9.18. The first-order valence-corrected chi connectivity index (χ1v) is 10.7. The monoisotopic (exact) mass is 463 g/mol. The number of halogens is 1. The van der Waals surface area contributed by atoms with E-state index in [-0.39, 0.29) is 12.3 Å². The molecular formula is C25H22BrNO3. The molecule has 0 atom stereocenters. The number of benzene rings is 3. The molecule has 4 aromatic rings. The second-order valence-electron chi connectivity index (χ2n) is 6.97. The molecule has 0 unspecified atom stereocenters. The third kappa shape index (κ3) is 4.57. The molecule has 0 aliphatic heterocycles. The third-order valence-electron chi connectivity index (χ3n) is 4.90. The van der Waals surface area contributed by atoms with Crippen LogP contribution in [-0.4, -0.2) is 12.5 Å². The van der Waals surface area contributed by atoms with E-state index in [9.17, 15) is 4.79 Å². The first-order valence-electron chi connectivity index (χ1n) is 9.87. The van der Waals surface area contributed by atoms with Gasteiger partial charge in [0.05, 0.1) is 25.8 Å². The summed E-state index contributed by atoms with van der Waals surface area (Å²) in [6.07, 6.45) is 1.93. The molecule has 0 N–H and O–H groups in total. The molecule has 0 saturated heterocycles. The van der Waals surface area contributed by atoms with Crippen LogP contribution in [-0.2, 0) is 17.8 Å². The van der Waals surface area contributed by atoms with Crippen LogP contribution >= 0.6 is 15.9 Å². The van der Waals surface area contributed by atoms with Crippen molar-refractivity contribution in [3.05, 3.63) is 94.7 Å². The van der Waals surface area contributed by atoms with E-state index in [1.165, 1.54) is 0 Å². The van der Waals surface area contributed by atoms with Crippen LogP contribution in [0.1, 0.15) is 18.1 Å². The number of ether oxygens (including phenoxy) is 1. The largest absolute Gasteiger partial charge is 0.494 e. The Morgan fingerprint density at radius 2 is 1.80 bits per heavy atom. The average Bonchev–Trinajstić information content (AvgIpc) is 3.15. The van der Waals surface area contributed by atoms with Gasteiger partial charge in [0.2, 0.25) is 5.91 Å². The maximum atomic E-state index is 13.4. The Morgan fingerprint density at radius 1 is 1.03 bits per heavy atom. The van der Waals surface area contributed by atoms with Gasteiger partial charge in [-0.3, -0.25) is 4.79 Å². The second-order valence-corrected chi connectivity index (χ2v) is 7.89. The average molecular weight is 464 g/mol. The molecule has 0 aliphatic carbocycles. The van der Waals surface area contributed by atoms with Crippen molar-refractivity contribution < 1.29 is 13.9 Å². The topological polar surface area (TPSA) is 42.7 Å². The van der Waals surface area contributed by atoms with Gasteiger partial charge in [-0.2, -0.15) is 0 Å². The SMILES string of the molecule is CCOc1ccc(N(Cc2ccccc2)C(=O)Cc2coc3ccc(Br)cc23)cc1. The molecule has 0 aliphatic rings. The van der Waals surface area contributed by atoms with Crippen LogP contribution in [0.25, 0.3) is 11.0 Å². The van der Waals surface area contributed by atoms with Crippen molar-refractivity contribution >= 4 is 38.5 Å². The van der Waals surface area contributed by atoms with Crippen LogP contribution in [0.4, 0.5) is 5.69 Å². The van der Waals surface area contributed by atoms with Gasteiger partial charge in [-0.25, -0.2) is 0 Å². The van der Waals surface area contributed by atoms with E-state index in [0.29, 0.717) is 13.2 Å². The lowest BCUT2D eigenvalue weighted by Crippen LogP contribution is -2.31. The summed E-state index contributed by atoms with van der Waals surface area (Å²) in [5.74, 6) is 0.796. The van der Waals surface area contributed by atoms with E-state index in [0.717, 1.165) is 38.0 Å². The summed E-state index contributed by atoms with van der Waals surface area (Å²) >= 11 is 3.50. The molecule has 5 heteroatoms. The van der Waals surface area contributed by atoms with E-state index in [1.807, 2.05) is 84.6 Å². The van der Waals surface area contributed by atoms with Crippen molar-refractivity contribution in [3.8, 4) is 5.75 Å². The maximum absolute atomic E-state index is 13.4. The van der Waals surface area contributed by atoms with Crippen molar-refractivity contribution in [2.45, 2.75) is 19.9 Å². The highest BCUT2D eigenvalue weighted by Gasteiger charge is 2.19. The van der Waals surface area contributed by atoms with Gasteiger partial charge in [0, 0.05) is 21.1 Å². The molecule has 1 aromatic heterocycles. The van der Waals surface area contributed by atoms with Crippen molar-refractivity contribution in [1.82, 2.24) is 0 Å². The Balaban J connectivity index is 1.63. The highest BCUT2D eigenvalue weighted by Crippen LogP contribution is 2.27. The fraction of sp³-hybridized carbons (Fsp3) is 0.160. The number of carbonyl (C=O) groups is 1. The number of anilines is 1. The van der Waals surface area contributed by atoms with Gasteiger partial charge in [0.1, 0.15) is 11.3 Å². The van der Waals surface area contributed by atoms with E-state index in [2.05, 4.69) is 15.9 Å². The minimum Gasteiger partial charge on any atom is -0.494 e. The van der Waals surface area contributed by atoms with Crippen LogP contribution < -0.4 is 9.64 Å². The van der Waals surface area contributed by atoms with Crippen molar-refractivity contribution in [3.63, 3.8) is 0 Å². The summed E-state index contributed by atoms with van der Waals surface area (Å²) in [6.45, 7) is 3.05. The fourth-order valence-electron chi connectivity index (χ4n) is 3.43. The first kappa shape index (κ1) is 20.2. The minimum atomic E-state index is 0.00527. The van der Waals surface area contributed by atoms with Gasteiger partial charge in [-0.1, -0.05) is 46.3 Å². The summed E-state index contributed by atoms with van der Waals surface area (Å²) < 4.78 is 12.1. The predicted molar refractivity (Wildman–Crippen MR) is 123 cm³/mol. The van der Waals surface area contributed by atoms with Crippen LogP contribution in [0.2, 0.25) is 0 Å². The van der Waals surface area contributed by atoms with Crippen LogP contribution in [0, 0.1) is 0 Å². The number of hydrogen-bond donors (Lipinski definition) is 0. The maximum Gasteiger partial charge on any atom is 0.231 e. The Morgan fingerprint density at radius 3 is 2.53 bits per heavy atom. The highest BCUT2D eigenvalue weighted by molar-refractivity contribution is 9.10. The lowest BCUT2D eigenvalue weighted by molar-refractivity contribution is -0.118. The van der Waals surface area contributed by atoms with Crippen molar-refractivity contribution in [2.24, 2.45) is 0 Å². The zero-order valence-electron chi connectivity index (χ0n) is 16.7. The molecule has 152 valence electrons. The molecule has 3 aromatic carbocycles. The quantitative estimate of drug-likeness (QED) is 0.319. The summed E-state index contributed by atoms with van der Waals surface area (Å²) in [5.41, 5.74) is 3.55. The number of hydrogen-bond acceptors (Lipinski definition) is 3. The van der Waals surface area contributed by atoms with Crippen LogP contribution in [0.15, 0.2) is 87.9 Å².